The van der Waals surface area contributed by atoms with E-state index in [-0.39, 0.29) is 11.1 Å². The second kappa shape index (κ2) is 8.83. The monoisotopic (exact) mass is 395 g/mol. The van der Waals surface area contributed by atoms with Crippen molar-refractivity contribution in [3.05, 3.63) is 77.9 Å². The quantitative estimate of drug-likeness (QED) is 0.664. The predicted octanol–water partition coefficient (Wildman–Crippen LogP) is 3.74. The molecule has 2 aromatic carbocycles. The first-order chi connectivity index (χ1) is 14.0. The Hall–Kier alpha value is -3.94. The number of rotatable bonds is 6. The summed E-state index contributed by atoms with van der Waals surface area (Å²) < 4.78 is 23.7. The summed E-state index contributed by atoms with van der Waals surface area (Å²) in [7, 11) is 2.99. The maximum absolute atomic E-state index is 13.3. The molecule has 29 heavy (non-hydrogen) atoms. The third-order valence-corrected chi connectivity index (χ3v) is 4.00. The maximum atomic E-state index is 13.3. The van der Waals surface area contributed by atoms with Crippen LogP contribution in [-0.2, 0) is 0 Å². The fourth-order valence-corrected chi connectivity index (χ4v) is 2.56. The van der Waals surface area contributed by atoms with Crippen molar-refractivity contribution < 1.29 is 23.5 Å². The number of carbonyl (C=O) groups is 2. The van der Waals surface area contributed by atoms with E-state index in [1.807, 2.05) is 0 Å². The topological polar surface area (TPSA) is 89.6 Å². The van der Waals surface area contributed by atoms with Gasteiger partial charge in [-0.3, -0.25) is 14.6 Å². The first-order valence-electron chi connectivity index (χ1n) is 8.55. The molecule has 8 heteroatoms. The Balaban J connectivity index is 1.78. The molecule has 1 heterocycles. The van der Waals surface area contributed by atoms with Crippen molar-refractivity contribution >= 4 is 23.2 Å². The second-order valence-electron chi connectivity index (χ2n) is 5.95. The van der Waals surface area contributed by atoms with Gasteiger partial charge in [-0.05, 0) is 36.4 Å². The number of nitrogens with one attached hydrogen (secondary N) is 2. The lowest BCUT2D eigenvalue weighted by atomic mass is 10.1. The molecule has 1 aromatic heterocycles. The van der Waals surface area contributed by atoms with E-state index < -0.39 is 17.6 Å². The van der Waals surface area contributed by atoms with Gasteiger partial charge in [0, 0.05) is 24.1 Å². The Morgan fingerprint density at radius 3 is 2.28 bits per heavy atom. The Kier molecular flexibility index (Phi) is 6.03. The molecule has 2 amide bonds. The van der Waals surface area contributed by atoms with E-state index in [0.717, 1.165) is 0 Å². The van der Waals surface area contributed by atoms with Gasteiger partial charge in [0.2, 0.25) is 0 Å². The standard InChI is InChI=1S/C21H18FN3O4/c1-28-17-6-7-19(29-2)18(10-17)25-21(27)14-8-13(11-23-12-14)20(26)24-16-5-3-4-15(22)9-16/h3-12H,1-2H3,(H,24,26)(H,25,27). The summed E-state index contributed by atoms with van der Waals surface area (Å²) in [5.41, 5.74) is 1.03. The van der Waals surface area contributed by atoms with Crippen LogP contribution >= 0.6 is 0 Å². The molecule has 0 atom stereocenters. The van der Waals surface area contributed by atoms with E-state index in [1.165, 1.54) is 50.9 Å². The van der Waals surface area contributed by atoms with Crippen molar-refractivity contribution in [2.45, 2.75) is 0 Å². The number of hydrogen-bond acceptors (Lipinski definition) is 5. The molecule has 148 valence electrons. The average Bonchev–Trinajstić information content (AvgIpc) is 2.73. The summed E-state index contributed by atoms with van der Waals surface area (Å²) in [5, 5.41) is 5.27. The molecule has 3 aromatic rings. The molecule has 0 radical (unpaired) electrons. The molecule has 0 fully saturated rings. The number of pyridine rings is 1. The molecule has 3 rings (SSSR count). The number of halogens is 1. The minimum absolute atomic E-state index is 0.152. The zero-order valence-electron chi connectivity index (χ0n) is 15.7. The maximum Gasteiger partial charge on any atom is 0.257 e. The van der Waals surface area contributed by atoms with Crippen LogP contribution in [0.3, 0.4) is 0 Å². The Labute approximate surface area is 166 Å². The van der Waals surface area contributed by atoms with Gasteiger partial charge in [-0.2, -0.15) is 0 Å². The lowest BCUT2D eigenvalue weighted by molar-refractivity contribution is 0.102. The van der Waals surface area contributed by atoms with Crippen LogP contribution in [0.2, 0.25) is 0 Å². The van der Waals surface area contributed by atoms with Crippen LogP contribution in [-0.4, -0.2) is 31.0 Å². The number of amides is 2. The predicted molar refractivity (Wildman–Crippen MR) is 106 cm³/mol. The van der Waals surface area contributed by atoms with E-state index in [1.54, 1.807) is 24.3 Å². The molecule has 0 aliphatic carbocycles. The third kappa shape index (κ3) is 4.86. The third-order valence-electron chi connectivity index (χ3n) is 4.00. The summed E-state index contributed by atoms with van der Waals surface area (Å²) in [4.78, 5) is 29.0. The number of nitrogens with zero attached hydrogens (tertiary/aromatic N) is 1. The zero-order chi connectivity index (χ0) is 20.8. The highest BCUT2D eigenvalue weighted by molar-refractivity contribution is 6.08. The van der Waals surface area contributed by atoms with E-state index in [4.69, 9.17) is 9.47 Å². The number of hydrogen-bond donors (Lipinski definition) is 2. The van der Waals surface area contributed by atoms with Gasteiger partial charge in [-0.15, -0.1) is 0 Å². The van der Waals surface area contributed by atoms with Crippen molar-refractivity contribution in [3.8, 4) is 11.5 Å². The number of carbonyl (C=O) groups excluding carboxylic acids is 2. The van der Waals surface area contributed by atoms with Crippen LogP contribution in [0.4, 0.5) is 15.8 Å². The van der Waals surface area contributed by atoms with E-state index >= 15 is 0 Å². The largest absolute Gasteiger partial charge is 0.497 e. The molecular formula is C21H18FN3O4. The van der Waals surface area contributed by atoms with Crippen molar-refractivity contribution in [2.24, 2.45) is 0 Å². The second-order valence-corrected chi connectivity index (χ2v) is 5.95. The lowest BCUT2D eigenvalue weighted by Gasteiger charge is -2.12. The van der Waals surface area contributed by atoms with Crippen LogP contribution in [0.1, 0.15) is 20.7 Å². The molecule has 0 aliphatic rings. The minimum Gasteiger partial charge on any atom is -0.497 e. The number of aromatic nitrogens is 1. The Morgan fingerprint density at radius 2 is 1.62 bits per heavy atom. The molecule has 0 saturated heterocycles. The van der Waals surface area contributed by atoms with Gasteiger partial charge in [0.05, 0.1) is 31.0 Å². The number of anilines is 2. The van der Waals surface area contributed by atoms with Crippen LogP contribution in [0.15, 0.2) is 60.9 Å². The minimum atomic E-state index is -0.517. The Morgan fingerprint density at radius 1 is 0.897 bits per heavy atom. The van der Waals surface area contributed by atoms with E-state index in [0.29, 0.717) is 22.9 Å². The molecule has 7 nitrogen and oxygen atoms in total. The highest BCUT2D eigenvalue weighted by Crippen LogP contribution is 2.29. The fourth-order valence-electron chi connectivity index (χ4n) is 2.56. The zero-order valence-corrected chi connectivity index (χ0v) is 15.7. The van der Waals surface area contributed by atoms with Gasteiger partial charge < -0.3 is 20.1 Å². The Bertz CT molecular complexity index is 1060. The van der Waals surface area contributed by atoms with Crippen LogP contribution in [0.25, 0.3) is 0 Å². The summed E-state index contributed by atoms with van der Waals surface area (Å²) in [6.07, 6.45) is 2.65. The smallest absolute Gasteiger partial charge is 0.257 e. The van der Waals surface area contributed by atoms with Crippen LogP contribution in [0, 0.1) is 5.82 Å². The average molecular weight is 395 g/mol. The lowest BCUT2D eigenvalue weighted by Crippen LogP contribution is -2.16. The van der Waals surface area contributed by atoms with Crippen LogP contribution < -0.4 is 20.1 Å². The highest BCUT2D eigenvalue weighted by atomic mass is 19.1. The van der Waals surface area contributed by atoms with Gasteiger partial charge in [-0.1, -0.05) is 6.07 Å². The number of benzene rings is 2. The molecule has 2 N–H and O–H groups in total. The van der Waals surface area contributed by atoms with Gasteiger partial charge in [0.15, 0.2) is 0 Å². The summed E-state index contributed by atoms with van der Waals surface area (Å²) in [6, 6.07) is 11.9. The number of ether oxygens (including phenoxy) is 2. The SMILES string of the molecule is COc1ccc(OC)c(NC(=O)c2cncc(C(=O)Nc3cccc(F)c3)c2)c1. The first kappa shape index (κ1) is 19.8. The molecular weight excluding hydrogens is 377 g/mol. The van der Waals surface area contributed by atoms with E-state index in [2.05, 4.69) is 15.6 Å². The van der Waals surface area contributed by atoms with E-state index in [9.17, 15) is 14.0 Å². The van der Waals surface area contributed by atoms with Crippen LogP contribution in [0.5, 0.6) is 11.5 Å². The van der Waals surface area contributed by atoms with Crippen molar-refractivity contribution in [1.29, 1.82) is 0 Å². The van der Waals surface area contributed by atoms with Gasteiger partial charge >= 0.3 is 0 Å². The first-order valence-corrected chi connectivity index (χ1v) is 8.55. The van der Waals surface area contributed by atoms with Crippen molar-refractivity contribution in [1.82, 2.24) is 4.98 Å². The van der Waals surface area contributed by atoms with Gasteiger partial charge in [-0.25, -0.2) is 4.39 Å². The van der Waals surface area contributed by atoms with Crippen molar-refractivity contribution in [2.75, 3.05) is 24.9 Å². The molecule has 0 saturated carbocycles. The number of methoxy groups -OCH3 is 2. The van der Waals surface area contributed by atoms with Gasteiger partial charge in [0.1, 0.15) is 17.3 Å². The van der Waals surface area contributed by atoms with Gasteiger partial charge in [0.25, 0.3) is 11.8 Å². The summed E-state index contributed by atoms with van der Waals surface area (Å²) in [5.74, 6) is -0.475. The summed E-state index contributed by atoms with van der Waals surface area (Å²) in [6.45, 7) is 0. The molecule has 0 spiro atoms. The molecule has 0 bridgehead atoms. The summed E-state index contributed by atoms with van der Waals surface area (Å²) >= 11 is 0. The van der Waals surface area contributed by atoms with Crippen molar-refractivity contribution in [3.63, 3.8) is 0 Å². The molecule has 0 unspecified atom stereocenters. The highest BCUT2D eigenvalue weighted by Gasteiger charge is 2.14. The molecule has 0 aliphatic heterocycles. The normalized spacial score (nSPS) is 10.2. The fraction of sp³-hybridized carbons (Fsp3) is 0.0952.